The number of hydrogen-bond acceptors (Lipinski definition) is 1. The van der Waals surface area contributed by atoms with E-state index in [4.69, 9.17) is 5.73 Å². The Morgan fingerprint density at radius 1 is 1.23 bits per heavy atom. The molecule has 0 bridgehead atoms. The largest absolute Gasteiger partial charge is 0.399 e. The summed E-state index contributed by atoms with van der Waals surface area (Å²) in [5.41, 5.74) is 8.13. The molecule has 0 aromatic heterocycles. The summed E-state index contributed by atoms with van der Waals surface area (Å²) >= 11 is 0. The van der Waals surface area contributed by atoms with E-state index in [0.29, 0.717) is 0 Å². The highest BCUT2D eigenvalue weighted by molar-refractivity contribution is 5.46. The van der Waals surface area contributed by atoms with E-state index in [1.807, 2.05) is 12.1 Å². The minimum atomic E-state index is 0.957. The van der Waals surface area contributed by atoms with Gasteiger partial charge in [-0.2, -0.15) is 0 Å². The third kappa shape index (κ3) is 2.48. The zero-order chi connectivity index (χ0) is 9.10. The van der Waals surface area contributed by atoms with Crippen LogP contribution in [0.5, 0.6) is 0 Å². The van der Waals surface area contributed by atoms with Crippen molar-refractivity contribution in [2.45, 2.75) is 32.1 Å². The van der Waals surface area contributed by atoms with Crippen LogP contribution in [0.25, 0.3) is 0 Å². The first-order valence-corrected chi connectivity index (χ1v) is 5.19. The number of benzene rings is 1. The topological polar surface area (TPSA) is 26.0 Å². The molecule has 0 heterocycles. The molecule has 2 N–H and O–H groups in total. The summed E-state index contributed by atoms with van der Waals surface area (Å²) in [5.74, 6) is 1.05. The maximum absolute atomic E-state index is 5.85. The highest BCUT2D eigenvalue weighted by Crippen LogP contribution is 2.34. The summed E-state index contributed by atoms with van der Waals surface area (Å²) in [6.07, 6.45) is 6.78. The minimum Gasteiger partial charge on any atom is -0.399 e. The van der Waals surface area contributed by atoms with Gasteiger partial charge in [-0.1, -0.05) is 37.5 Å². The van der Waals surface area contributed by atoms with Crippen LogP contribution in [0.15, 0.2) is 24.3 Å². The normalized spacial score (nSPS) is 16.0. The fraction of sp³-hybridized carbons (Fsp3) is 0.500. The van der Waals surface area contributed by atoms with Crippen molar-refractivity contribution in [1.29, 1.82) is 0 Å². The van der Waals surface area contributed by atoms with Gasteiger partial charge in [0.15, 0.2) is 0 Å². The number of aryl methyl sites for hydroxylation is 1. The highest BCUT2D eigenvalue weighted by Gasteiger charge is 2.20. The van der Waals surface area contributed by atoms with Gasteiger partial charge in [0, 0.05) is 5.69 Å². The van der Waals surface area contributed by atoms with E-state index in [9.17, 15) is 0 Å². The average molecular weight is 175 g/mol. The molecule has 1 aliphatic carbocycles. The summed E-state index contributed by atoms with van der Waals surface area (Å²) in [6.45, 7) is 0. The average Bonchev–Trinajstić information content (AvgIpc) is 2.92. The number of rotatable bonds is 4. The molecule has 1 saturated carbocycles. The van der Waals surface area contributed by atoms with Gasteiger partial charge in [0.2, 0.25) is 0 Å². The SMILES string of the molecule is Nc1ccccc1CCCC1CC1. The van der Waals surface area contributed by atoms with Crippen molar-refractivity contribution >= 4 is 5.69 Å². The van der Waals surface area contributed by atoms with Crippen molar-refractivity contribution in [3.05, 3.63) is 29.8 Å². The monoisotopic (exact) mass is 175 g/mol. The Hall–Kier alpha value is -0.980. The molecule has 1 aliphatic rings. The van der Waals surface area contributed by atoms with Gasteiger partial charge in [-0.05, 0) is 30.4 Å². The molecular weight excluding hydrogens is 158 g/mol. The predicted octanol–water partition coefficient (Wildman–Crippen LogP) is 3.00. The van der Waals surface area contributed by atoms with Crippen LogP contribution in [0.1, 0.15) is 31.2 Å². The Balaban J connectivity index is 1.82. The van der Waals surface area contributed by atoms with E-state index in [-0.39, 0.29) is 0 Å². The van der Waals surface area contributed by atoms with Gasteiger partial charge < -0.3 is 5.73 Å². The predicted molar refractivity (Wildman–Crippen MR) is 56.5 cm³/mol. The van der Waals surface area contributed by atoms with Crippen LogP contribution in [0.2, 0.25) is 0 Å². The molecular formula is C12H17N. The lowest BCUT2D eigenvalue weighted by Gasteiger charge is -2.03. The smallest absolute Gasteiger partial charge is 0.0346 e. The Kier molecular flexibility index (Phi) is 2.53. The molecule has 1 heteroatoms. The van der Waals surface area contributed by atoms with E-state index in [1.54, 1.807) is 0 Å². The van der Waals surface area contributed by atoms with E-state index in [0.717, 1.165) is 18.0 Å². The number of nitrogen functional groups attached to an aromatic ring is 1. The zero-order valence-electron chi connectivity index (χ0n) is 8.00. The van der Waals surface area contributed by atoms with Crippen LogP contribution in [0.4, 0.5) is 5.69 Å². The van der Waals surface area contributed by atoms with E-state index >= 15 is 0 Å². The van der Waals surface area contributed by atoms with Gasteiger partial charge in [0.1, 0.15) is 0 Å². The minimum absolute atomic E-state index is 0.957. The van der Waals surface area contributed by atoms with E-state index in [1.165, 1.54) is 31.2 Å². The molecule has 70 valence electrons. The van der Waals surface area contributed by atoms with Crippen molar-refractivity contribution in [3.63, 3.8) is 0 Å². The van der Waals surface area contributed by atoms with Crippen LogP contribution < -0.4 is 5.73 Å². The molecule has 1 nitrogen and oxygen atoms in total. The molecule has 0 spiro atoms. The molecule has 1 fully saturated rings. The lowest BCUT2D eigenvalue weighted by atomic mass is 10.1. The third-order valence-corrected chi connectivity index (χ3v) is 2.81. The van der Waals surface area contributed by atoms with Gasteiger partial charge in [-0.3, -0.25) is 0 Å². The first-order valence-electron chi connectivity index (χ1n) is 5.19. The maximum Gasteiger partial charge on any atom is 0.0346 e. The lowest BCUT2D eigenvalue weighted by molar-refractivity contribution is 0.667. The summed E-state index contributed by atoms with van der Waals surface area (Å²) < 4.78 is 0. The van der Waals surface area contributed by atoms with Crippen molar-refractivity contribution in [2.75, 3.05) is 5.73 Å². The Morgan fingerprint density at radius 3 is 2.69 bits per heavy atom. The van der Waals surface area contributed by atoms with Crippen molar-refractivity contribution < 1.29 is 0 Å². The Morgan fingerprint density at radius 2 is 2.00 bits per heavy atom. The van der Waals surface area contributed by atoms with Crippen LogP contribution in [0, 0.1) is 5.92 Å². The number of nitrogens with two attached hydrogens (primary N) is 1. The first-order chi connectivity index (χ1) is 6.36. The molecule has 1 aromatic rings. The standard InChI is InChI=1S/C12H17N/c13-12-7-2-1-5-11(12)6-3-4-10-8-9-10/h1-2,5,7,10H,3-4,6,8-9,13H2. The van der Waals surface area contributed by atoms with Crippen LogP contribution in [-0.2, 0) is 6.42 Å². The number of anilines is 1. The quantitative estimate of drug-likeness (QED) is 0.699. The molecule has 0 amide bonds. The van der Waals surface area contributed by atoms with Gasteiger partial charge >= 0.3 is 0 Å². The Labute approximate surface area is 80.0 Å². The fourth-order valence-electron chi connectivity index (χ4n) is 1.75. The third-order valence-electron chi connectivity index (χ3n) is 2.81. The Bertz CT molecular complexity index is 276. The second-order valence-corrected chi connectivity index (χ2v) is 4.03. The van der Waals surface area contributed by atoms with E-state index < -0.39 is 0 Å². The molecule has 0 radical (unpaired) electrons. The van der Waals surface area contributed by atoms with Crippen LogP contribution >= 0.6 is 0 Å². The molecule has 0 unspecified atom stereocenters. The summed E-state index contributed by atoms with van der Waals surface area (Å²) in [7, 11) is 0. The molecule has 0 saturated heterocycles. The van der Waals surface area contributed by atoms with Crippen molar-refractivity contribution in [1.82, 2.24) is 0 Å². The van der Waals surface area contributed by atoms with Crippen molar-refractivity contribution in [3.8, 4) is 0 Å². The highest BCUT2D eigenvalue weighted by atomic mass is 14.6. The number of hydrogen-bond donors (Lipinski definition) is 1. The number of para-hydroxylation sites is 1. The summed E-state index contributed by atoms with van der Waals surface area (Å²) in [4.78, 5) is 0. The molecule has 0 atom stereocenters. The molecule has 1 aromatic carbocycles. The molecule has 13 heavy (non-hydrogen) atoms. The second kappa shape index (κ2) is 3.82. The molecule has 2 rings (SSSR count). The fourth-order valence-corrected chi connectivity index (χ4v) is 1.75. The van der Waals surface area contributed by atoms with E-state index in [2.05, 4.69) is 12.1 Å². The lowest BCUT2D eigenvalue weighted by Crippen LogP contribution is -1.94. The second-order valence-electron chi connectivity index (χ2n) is 4.03. The van der Waals surface area contributed by atoms with Crippen LogP contribution in [-0.4, -0.2) is 0 Å². The summed E-state index contributed by atoms with van der Waals surface area (Å²) in [5, 5.41) is 0. The zero-order valence-corrected chi connectivity index (χ0v) is 8.00. The van der Waals surface area contributed by atoms with Crippen molar-refractivity contribution in [2.24, 2.45) is 5.92 Å². The summed E-state index contributed by atoms with van der Waals surface area (Å²) in [6, 6.07) is 8.21. The van der Waals surface area contributed by atoms with Gasteiger partial charge in [-0.25, -0.2) is 0 Å². The van der Waals surface area contributed by atoms with Gasteiger partial charge in [0.25, 0.3) is 0 Å². The first kappa shape index (κ1) is 8.61. The maximum atomic E-state index is 5.85. The van der Waals surface area contributed by atoms with Gasteiger partial charge in [0.05, 0.1) is 0 Å². The van der Waals surface area contributed by atoms with Crippen LogP contribution in [0.3, 0.4) is 0 Å². The molecule has 0 aliphatic heterocycles. The van der Waals surface area contributed by atoms with Gasteiger partial charge in [-0.15, -0.1) is 0 Å².